The fourth-order valence-corrected chi connectivity index (χ4v) is 3.66. The van der Waals surface area contributed by atoms with Crippen LogP contribution in [-0.4, -0.2) is 72.3 Å². The van der Waals surface area contributed by atoms with Crippen molar-refractivity contribution in [2.75, 3.05) is 32.0 Å². The fraction of sp³-hybridized carbons (Fsp3) is 0.526. The summed E-state index contributed by atoms with van der Waals surface area (Å²) in [4.78, 5) is 32.6. The molecule has 3 aromatic heterocycles. The van der Waals surface area contributed by atoms with Crippen LogP contribution in [0, 0.1) is 5.92 Å². The predicted molar refractivity (Wildman–Crippen MR) is 110 cm³/mol. The number of hydrogen-bond acceptors (Lipinski definition) is 8. The van der Waals surface area contributed by atoms with Crippen molar-refractivity contribution in [3.05, 3.63) is 33.2 Å². The first kappa shape index (κ1) is 18.8. The number of aromatic hydroxyl groups is 1. The molecule has 1 saturated heterocycles. The highest BCUT2D eigenvalue weighted by atomic mass is 16.3. The molecule has 1 aliphatic heterocycles. The molecular weight excluding hydrogens is 386 g/mol. The van der Waals surface area contributed by atoms with Crippen LogP contribution in [-0.2, 0) is 0 Å². The van der Waals surface area contributed by atoms with Crippen LogP contribution in [0.2, 0.25) is 0 Å². The normalized spacial score (nSPS) is 19.8. The van der Waals surface area contributed by atoms with Crippen molar-refractivity contribution in [2.45, 2.75) is 31.7 Å². The molecule has 2 fully saturated rings. The van der Waals surface area contributed by atoms with Crippen LogP contribution in [0.25, 0.3) is 11.7 Å². The van der Waals surface area contributed by atoms with E-state index in [9.17, 15) is 9.90 Å². The summed E-state index contributed by atoms with van der Waals surface area (Å²) in [6, 6.07) is 0.284. The third-order valence-electron chi connectivity index (χ3n) is 5.65. The molecule has 0 atom stereocenters. The molecule has 0 unspecified atom stereocenters. The minimum Gasteiger partial charge on any atom is -0.493 e. The summed E-state index contributed by atoms with van der Waals surface area (Å²) >= 11 is 0. The van der Waals surface area contributed by atoms with E-state index in [0.717, 1.165) is 45.3 Å². The molecule has 158 valence electrons. The quantitative estimate of drug-likeness (QED) is 0.431. The Labute approximate surface area is 171 Å². The Balaban J connectivity index is 1.51. The summed E-state index contributed by atoms with van der Waals surface area (Å²) in [6.07, 6.45) is 7.67. The van der Waals surface area contributed by atoms with Gasteiger partial charge in [-0.15, -0.1) is 0 Å². The standard InChI is InChI=1S/C19H25N9O2/c1-27-6-4-11(5-7-27)9-20-17-24-15-12(8-14-16(29)25-19(30)23-14)10-21-28(15)18(26-17)22-13-2-3-13/h8,10-11,13,29H,2-7,9H2,1H3,(H,20,22,26)(H2,23,25,30)/b12-8-. The summed E-state index contributed by atoms with van der Waals surface area (Å²) in [5, 5.41) is 18.3. The predicted octanol–water partition coefficient (Wildman–Crippen LogP) is -0.789. The molecule has 0 amide bonds. The fourth-order valence-electron chi connectivity index (χ4n) is 3.66. The second-order valence-corrected chi connectivity index (χ2v) is 8.16. The lowest BCUT2D eigenvalue weighted by Gasteiger charge is -2.28. The van der Waals surface area contributed by atoms with Crippen LogP contribution in [0.5, 0.6) is 5.88 Å². The molecule has 0 bridgehead atoms. The van der Waals surface area contributed by atoms with Gasteiger partial charge >= 0.3 is 5.69 Å². The highest BCUT2D eigenvalue weighted by Gasteiger charge is 2.21. The van der Waals surface area contributed by atoms with Crippen molar-refractivity contribution in [1.29, 1.82) is 0 Å². The average molecular weight is 411 g/mol. The van der Waals surface area contributed by atoms with Crippen LogP contribution in [0.3, 0.4) is 0 Å². The van der Waals surface area contributed by atoms with Gasteiger partial charge in [0.1, 0.15) is 5.69 Å². The van der Waals surface area contributed by atoms with E-state index in [0.29, 0.717) is 28.4 Å². The SMILES string of the molecule is CN1CCC(CNc2nc(=NC3CC3)n3nc/c(=C/c4[nH]c(=O)[nH]c4O)c3n2)CC1. The van der Waals surface area contributed by atoms with Gasteiger partial charge in [-0.05, 0) is 57.8 Å². The summed E-state index contributed by atoms with van der Waals surface area (Å²) in [6.45, 7) is 3.02. The second kappa shape index (κ2) is 7.56. The van der Waals surface area contributed by atoms with Gasteiger partial charge in [0.25, 0.3) is 5.62 Å². The third kappa shape index (κ3) is 3.92. The molecule has 0 radical (unpaired) electrons. The highest BCUT2D eigenvalue weighted by molar-refractivity contribution is 5.57. The van der Waals surface area contributed by atoms with Crippen LogP contribution in [0.4, 0.5) is 5.95 Å². The number of aromatic amines is 2. The molecule has 5 rings (SSSR count). The van der Waals surface area contributed by atoms with Gasteiger partial charge in [0.05, 0.1) is 12.2 Å². The van der Waals surface area contributed by atoms with E-state index in [1.807, 2.05) is 0 Å². The summed E-state index contributed by atoms with van der Waals surface area (Å²) in [5.41, 5.74) is 0.876. The lowest BCUT2D eigenvalue weighted by Crippen LogP contribution is -2.33. The molecule has 11 heteroatoms. The van der Waals surface area contributed by atoms with Crippen molar-refractivity contribution in [3.63, 3.8) is 0 Å². The van der Waals surface area contributed by atoms with Gasteiger partial charge in [0, 0.05) is 11.8 Å². The smallest absolute Gasteiger partial charge is 0.326 e. The minimum atomic E-state index is -0.477. The van der Waals surface area contributed by atoms with Gasteiger partial charge < -0.3 is 20.3 Å². The van der Waals surface area contributed by atoms with Crippen molar-refractivity contribution in [1.82, 2.24) is 34.4 Å². The zero-order valence-corrected chi connectivity index (χ0v) is 16.8. The van der Waals surface area contributed by atoms with Crippen LogP contribution in [0.15, 0.2) is 16.0 Å². The molecule has 4 N–H and O–H groups in total. The lowest BCUT2D eigenvalue weighted by atomic mass is 9.97. The van der Waals surface area contributed by atoms with E-state index in [1.165, 1.54) is 0 Å². The van der Waals surface area contributed by atoms with Crippen molar-refractivity contribution in [2.24, 2.45) is 10.9 Å². The first-order valence-corrected chi connectivity index (χ1v) is 10.3. The van der Waals surface area contributed by atoms with Gasteiger partial charge in [-0.25, -0.2) is 9.79 Å². The molecule has 30 heavy (non-hydrogen) atoms. The molecule has 0 aromatic carbocycles. The monoisotopic (exact) mass is 411 g/mol. The molecule has 0 spiro atoms. The van der Waals surface area contributed by atoms with E-state index < -0.39 is 5.69 Å². The Morgan fingerprint density at radius 2 is 2.07 bits per heavy atom. The first-order valence-electron chi connectivity index (χ1n) is 10.3. The number of fused-ring (bicyclic) bond motifs is 1. The van der Waals surface area contributed by atoms with Crippen LogP contribution >= 0.6 is 0 Å². The Hall–Kier alpha value is -3.21. The number of likely N-dealkylation sites (tertiary alicyclic amines) is 1. The second-order valence-electron chi connectivity index (χ2n) is 8.16. The number of nitrogens with zero attached hydrogens (tertiary/aromatic N) is 6. The molecule has 1 saturated carbocycles. The Morgan fingerprint density at radius 1 is 1.27 bits per heavy atom. The number of piperidine rings is 1. The number of H-pyrrole nitrogens is 2. The summed E-state index contributed by atoms with van der Waals surface area (Å²) in [7, 11) is 2.15. The highest BCUT2D eigenvalue weighted by Crippen LogP contribution is 2.22. The Bertz CT molecular complexity index is 1230. The van der Waals surface area contributed by atoms with Gasteiger partial charge in [-0.1, -0.05) is 0 Å². The zero-order chi connectivity index (χ0) is 20.7. The molecule has 4 heterocycles. The number of nitrogens with one attached hydrogen (secondary N) is 3. The zero-order valence-electron chi connectivity index (χ0n) is 16.8. The number of hydrogen-bond donors (Lipinski definition) is 4. The number of aromatic nitrogens is 6. The summed E-state index contributed by atoms with van der Waals surface area (Å²) < 4.78 is 1.60. The maximum absolute atomic E-state index is 11.4. The molecule has 2 aliphatic rings. The van der Waals surface area contributed by atoms with E-state index >= 15 is 0 Å². The van der Waals surface area contributed by atoms with E-state index in [-0.39, 0.29) is 17.6 Å². The van der Waals surface area contributed by atoms with Crippen LogP contribution < -0.4 is 21.8 Å². The maximum atomic E-state index is 11.4. The summed E-state index contributed by atoms with van der Waals surface area (Å²) in [5.74, 6) is 0.877. The Morgan fingerprint density at radius 3 is 2.77 bits per heavy atom. The van der Waals surface area contributed by atoms with Gasteiger partial charge in [-0.3, -0.25) is 4.98 Å². The number of rotatable bonds is 5. The average Bonchev–Trinajstić information content (AvgIpc) is 3.36. The van der Waals surface area contributed by atoms with E-state index in [4.69, 9.17) is 0 Å². The number of imidazole rings is 1. The number of anilines is 1. The van der Waals surface area contributed by atoms with Gasteiger partial charge in [0.15, 0.2) is 5.65 Å². The lowest BCUT2D eigenvalue weighted by molar-refractivity contribution is 0.226. The Kier molecular flexibility index (Phi) is 4.74. The molecule has 11 nitrogen and oxygen atoms in total. The first-order chi connectivity index (χ1) is 14.5. The molecule has 1 aliphatic carbocycles. The minimum absolute atomic E-state index is 0.225. The van der Waals surface area contributed by atoms with Crippen molar-refractivity contribution < 1.29 is 5.11 Å². The van der Waals surface area contributed by atoms with E-state index in [1.54, 1.807) is 16.8 Å². The largest absolute Gasteiger partial charge is 0.493 e. The van der Waals surface area contributed by atoms with Gasteiger partial charge in [-0.2, -0.15) is 19.6 Å². The molecule has 3 aromatic rings. The van der Waals surface area contributed by atoms with Crippen molar-refractivity contribution in [3.8, 4) is 5.88 Å². The van der Waals surface area contributed by atoms with Crippen molar-refractivity contribution >= 4 is 17.7 Å². The third-order valence-corrected chi connectivity index (χ3v) is 5.65. The topological polar surface area (TPSA) is 140 Å². The van der Waals surface area contributed by atoms with Crippen LogP contribution in [0.1, 0.15) is 31.4 Å². The van der Waals surface area contributed by atoms with Gasteiger partial charge in [0.2, 0.25) is 11.8 Å². The van der Waals surface area contributed by atoms with E-state index in [2.05, 4.69) is 47.3 Å². The maximum Gasteiger partial charge on any atom is 0.326 e. The molecular formula is C19H25N9O2.